The fraction of sp³-hybridized carbons (Fsp3) is 0.375. The SMILES string of the molecule is Cc1nnc(CNC(=NCc2ccccc2)NC2CCN(c3ccccc3)CC2)n1C. The quantitative estimate of drug-likeness (QED) is 0.477. The Hall–Kier alpha value is -3.35. The highest BCUT2D eigenvalue weighted by Gasteiger charge is 2.20. The number of piperidine rings is 1. The van der Waals surface area contributed by atoms with E-state index < -0.39 is 0 Å². The standard InChI is InChI=1S/C24H31N7/c1-19-28-29-23(30(19)2)18-26-24(25-17-20-9-5-3-6-10-20)27-21-13-15-31(16-14-21)22-11-7-4-8-12-22/h3-12,21H,13-18H2,1-2H3,(H2,25,26,27). The van der Waals surface area contributed by atoms with E-state index in [0.29, 0.717) is 19.1 Å². The normalized spacial score (nSPS) is 15.2. The van der Waals surface area contributed by atoms with Gasteiger partial charge in [0, 0.05) is 31.9 Å². The van der Waals surface area contributed by atoms with Crippen molar-refractivity contribution in [2.45, 2.75) is 38.9 Å². The molecular weight excluding hydrogens is 386 g/mol. The van der Waals surface area contributed by atoms with Gasteiger partial charge in [0.15, 0.2) is 11.8 Å². The number of aryl methyl sites for hydroxylation is 1. The molecule has 1 saturated heterocycles. The molecule has 0 saturated carbocycles. The third-order valence-electron chi connectivity index (χ3n) is 5.82. The largest absolute Gasteiger partial charge is 0.371 e. The van der Waals surface area contributed by atoms with Crippen LogP contribution in [0.1, 0.15) is 30.1 Å². The van der Waals surface area contributed by atoms with E-state index in [1.54, 1.807) is 0 Å². The van der Waals surface area contributed by atoms with Crippen molar-refractivity contribution in [3.05, 3.63) is 77.9 Å². The molecule has 0 unspecified atom stereocenters. The first kappa shape index (κ1) is 20.9. The van der Waals surface area contributed by atoms with Crippen LogP contribution in [0.3, 0.4) is 0 Å². The van der Waals surface area contributed by atoms with Gasteiger partial charge in [0.2, 0.25) is 0 Å². The summed E-state index contributed by atoms with van der Waals surface area (Å²) in [6.07, 6.45) is 2.15. The highest BCUT2D eigenvalue weighted by atomic mass is 15.3. The topological polar surface area (TPSA) is 70.4 Å². The maximum atomic E-state index is 4.84. The van der Waals surface area contributed by atoms with Crippen LogP contribution in [0.4, 0.5) is 5.69 Å². The van der Waals surface area contributed by atoms with Gasteiger partial charge < -0.3 is 20.1 Å². The fourth-order valence-corrected chi connectivity index (χ4v) is 3.79. The zero-order valence-electron chi connectivity index (χ0n) is 18.3. The highest BCUT2D eigenvalue weighted by molar-refractivity contribution is 5.80. The van der Waals surface area contributed by atoms with E-state index >= 15 is 0 Å². The number of nitrogens with one attached hydrogen (secondary N) is 2. The van der Waals surface area contributed by atoms with Crippen LogP contribution in [0.2, 0.25) is 0 Å². The molecule has 3 aromatic rings. The summed E-state index contributed by atoms with van der Waals surface area (Å²) in [6.45, 7) is 5.25. The van der Waals surface area contributed by atoms with Crippen molar-refractivity contribution in [2.24, 2.45) is 12.0 Å². The molecule has 0 radical (unpaired) electrons. The number of para-hydroxylation sites is 1. The first-order valence-electron chi connectivity index (χ1n) is 10.9. The summed E-state index contributed by atoms with van der Waals surface area (Å²) in [4.78, 5) is 7.29. The second kappa shape index (κ2) is 10.1. The van der Waals surface area contributed by atoms with Gasteiger partial charge >= 0.3 is 0 Å². The Morgan fingerprint density at radius 2 is 1.68 bits per heavy atom. The lowest BCUT2D eigenvalue weighted by molar-refractivity contribution is 0.460. The van der Waals surface area contributed by atoms with Crippen molar-refractivity contribution in [1.82, 2.24) is 25.4 Å². The van der Waals surface area contributed by atoms with E-state index in [1.807, 2.05) is 36.7 Å². The molecule has 1 aromatic heterocycles. The zero-order chi connectivity index (χ0) is 21.5. The second-order valence-corrected chi connectivity index (χ2v) is 7.97. The Balaban J connectivity index is 1.38. The predicted molar refractivity (Wildman–Crippen MR) is 125 cm³/mol. The number of nitrogens with zero attached hydrogens (tertiary/aromatic N) is 5. The number of benzene rings is 2. The van der Waals surface area contributed by atoms with Gasteiger partial charge in [-0.1, -0.05) is 48.5 Å². The number of rotatable bonds is 6. The number of guanidine groups is 1. The van der Waals surface area contributed by atoms with Gasteiger partial charge in [-0.25, -0.2) is 4.99 Å². The Morgan fingerprint density at radius 3 is 2.32 bits per heavy atom. The number of aliphatic imine (C=N–C) groups is 1. The predicted octanol–water partition coefficient (Wildman–Crippen LogP) is 3.03. The maximum absolute atomic E-state index is 4.84. The highest BCUT2D eigenvalue weighted by Crippen LogP contribution is 2.19. The summed E-state index contributed by atoms with van der Waals surface area (Å²) >= 11 is 0. The second-order valence-electron chi connectivity index (χ2n) is 7.97. The minimum atomic E-state index is 0.392. The van der Waals surface area contributed by atoms with Crippen LogP contribution in [0, 0.1) is 6.92 Å². The number of aromatic nitrogens is 3. The van der Waals surface area contributed by atoms with Crippen LogP contribution in [-0.2, 0) is 20.1 Å². The molecule has 162 valence electrons. The summed E-state index contributed by atoms with van der Waals surface area (Å²) in [6, 6.07) is 21.4. The molecule has 7 nitrogen and oxygen atoms in total. The summed E-state index contributed by atoms with van der Waals surface area (Å²) in [5, 5.41) is 15.5. The molecule has 1 aliphatic rings. The van der Waals surface area contributed by atoms with Crippen LogP contribution in [0.5, 0.6) is 0 Å². The summed E-state index contributed by atoms with van der Waals surface area (Å²) < 4.78 is 2.00. The molecule has 2 N–H and O–H groups in total. The molecule has 7 heteroatoms. The van der Waals surface area contributed by atoms with Crippen molar-refractivity contribution < 1.29 is 0 Å². The summed E-state index contributed by atoms with van der Waals surface area (Å²) in [5.74, 6) is 2.62. The van der Waals surface area contributed by atoms with Gasteiger partial charge in [0.25, 0.3) is 0 Å². The van der Waals surface area contributed by atoms with Crippen LogP contribution < -0.4 is 15.5 Å². The van der Waals surface area contributed by atoms with Crippen molar-refractivity contribution in [3.63, 3.8) is 0 Å². The number of hydrogen-bond acceptors (Lipinski definition) is 4. The number of anilines is 1. The molecule has 2 heterocycles. The van der Waals surface area contributed by atoms with E-state index in [0.717, 1.165) is 43.5 Å². The van der Waals surface area contributed by atoms with Gasteiger partial charge in [-0.15, -0.1) is 10.2 Å². The molecule has 0 bridgehead atoms. The zero-order valence-corrected chi connectivity index (χ0v) is 18.3. The van der Waals surface area contributed by atoms with Gasteiger partial charge in [-0.2, -0.15) is 0 Å². The molecular formula is C24H31N7. The minimum absolute atomic E-state index is 0.392. The van der Waals surface area contributed by atoms with Crippen LogP contribution in [0.15, 0.2) is 65.7 Å². The molecule has 2 aromatic carbocycles. The van der Waals surface area contributed by atoms with Crippen molar-refractivity contribution in [3.8, 4) is 0 Å². The molecule has 0 aliphatic carbocycles. The molecule has 0 spiro atoms. The van der Waals surface area contributed by atoms with Crippen molar-refractivity contribution >= 4 is 11.6 Å². The lowest BCUT2D eigenvalue weighted by Gasteiger charge is -2.34. The van der Waals surface area contributed by atoms with Gasteiger partial charge in [0.05, 0.1) is 13.1 Å². The Kier molecular flexibility index (Phi) is 6.82. The van der Waals surface area contributed by atoms with Crippen molar-refractivity contribution in [2.75, 3.05) is 18.0 Å². The van der Waals surface area contributed by atoms with Crippen LogP contribution in [0.25, 0.3) is 0 Å². The first-order chi connectivity index (χ1) is 15.2. The van der Waals surface area contributed by atoms with E-state index in [9.17, 15) is 0 Å². The van der Waals surface area contributed by atoms with E-state index in [1.165, 1.54) is 11.3 Å². The molecule has 0 amide bonds. The van der Waals surface area contributed by atoms with E-state index in [4.69, 9.17) is 4.99 Å². The monoisotopic (exact) mass is 417 g/mol. The Bertz CT molecular complexity index is 974. The third-order valence-corrected chi connectivity index (χ3v) is 5.82. The number of hydrogen-bond donors (Lipinski definition) is 2. The van der Waals surface area contributed by atoms with Gasteiger partial charge in [0.1, 0.15) is 5.82 Å². The lowest BCUT2D eigenvalue weighted by atomic mass is 10.0. The molecule has 1 aliphatic heterocycles. The lowest BCUT2D eigenvalue weighted by Crippen LogP contribution is -2.48. The minimum Gasteiger partial charge on any atom is -0.371 e. The Labute approximate surface area is 184 Å². The average Bonchev–Trinajstić information content (AvgIpc) is 3.15. The third kappa shape index (κ3) is 5.63. The summed E-state index contributed by atoms with van der Waals surface area (Å²) in [7, 11) is 1.99. The smallest absolute Gasteiger partial charge is 0.192 e. The van der Waals surface area contributed by atoms with E-state index in [2.05, 4.69) is 68.2 Å². The van der Waals surface area contributed by atoms with Crippen LogP contribution in [-0.4, -0.2) is 39.9 Å². The first-order valence-corrected chi connectivity index (χ1v) is 10.9. The molecule has 4 rings (SSSR count). The summed E-state index contributed by atoms with van der Waals surface area (Å²) in [5.41, 5.74) is 2.49. The maximum Gasteiger partial charge on any atom is 0.192 e. The Morgan fingerprint density at radius 1 is 1.00 bits per heavy atom. The molecule has 31 heavy (non-hydrogen) atoms. The van der Waals surface area contributed by atoms with E-state index in [-0.39, 0.29) is 0 Å². The van der Waals surface area contributed by atoms with Gasteiger partial charge in [-0.05, 0) is 37.5 Å². The van der Waals surface area contributed by atoms with Crippen LogP contribution >= 0.6 is 0 Å². The molecule has 1 fully saturated rings. The van der Waals surface area contributed by atoms with Gasteiger partial charge in [-0.3, -0.25) is 0 Å². The average molecular weight is 418 g/mol. The molecule has 0 atom stereocenters. The fourth-order valence-electron chi connectivity index (χ4n) is 3.79. The van der Waals surface area contributed by atoms with Crippen molar-refractivity contribution in [1.29, 1.82) is 0 Å².